The Morgan fingerprint density at radius 2 is 2.25 bits per heavy atom. The van der Waals surface area contributed by atoms with Crippen LogP contribution in [0.5, 0.6) is 0 Å². The second kappa shape index (κ2) is 5.87. The summed E-state index contributed by atoms with van der Waals surface area (Å²) in [5.74, 6) is -1.77. The first-order valence-corrected chi connectivity index (χ1v) is 7.06. The van der Waals surface area contributed by atoms with Crippen molar-refractivity contribution < 1.29 is 9.59 Å². The van der Waals surface area contributed by atoms with Crippen LogP contribution in [0.25, 0.3) is 0 Å². The number of amides is 2. The number of nitrogens with one attached hydrogen (secondary N) is 1. The van der Waals surface area contributed by atoms with Crippen molar-refractivity contribution in [3.8, 4) is 0 Å². The van der Waals surface area contributed by atoms with Crippen LogP contribution in [0.1, 0.15) is 23.0 Å². The largest absolute Gasteiger partial charge is 0.361 e. The van der Waals surface area contributed by atoms with Crippen molar-refractivity contribution in [1.82, 2.24) is 15.1 Å². The number of primary amides is 1. The third kappa shape index (κ3) is 3.05. The number of aromatic nitrogens is 2. The first kappa shape index (κ1) is 14.3. The van der Waals surface area contributed by atoms with Gasteiger partial charge in [0, 0.05) is 12.2 Å². The van der Waals surface area contributed by atoms with Gasteiger partial charge in [0.1, 0.15) is 0 Å². The average Bonchev–Trinajstić information content (AvgIpc) is 3.00. The molecule has 0 radical (unpaired) electrons. The molecule has 6 nitrogen and oxygen atoms in total. The normalized spacial score (nSPS) is 12.1. The van der Waals surface area contributed by atoms with Gasteiger partial charge in [-0.05, 0) is 42.3 Å². The Bertz CT molecular complexity index is 618. The van der Waals surface area contributed by atoms with E-state index in [2.05, 4.69) is 10.4 Å². The number of nitrogens with zero attached hydrogens (tertiary/aromatic N) is 2. The highest BCUT2D eigenvalue weighted by Crippen LogP contribution is 2.22. The number of carbonyl (C=O) groups is 2. The van der Waals surface area contributed by atoms with Crippen LogP contribution in [0.3, 0.4) is 0 Å². The molecule has 2 heterocycles. The molecule has 0 aliphatic rings. The highest BCUT2D eigenvalue weighted by Gasteiger charge is 2.19. The zero-order chi connectivity index (χ0) is 14.7. The van der Waals surface area contributed by atoms with E-state index >= 15 is 0 Å². The molecular weight excluding hydrogens is 276 g/mol. The summed E-state index contributed by atoms with van der Waals surface area (Å²) in [5.41, 5.74) is 7.87. The third-order valence-electron chi connectivity index (χ3n) is 2.95. The van der Waals surface area contributed by atoms with Crippen molar-refractivity contribution in [2.75, 3.05) is 6.54 Å². The van der Waals surface area contributed by atoms with Gasteiger partial charge in [-0.2, -0.15) is 16.4 Å². The molecule has 2 amide bonds. The van der Waals surface area contributed by atoms with Crippen molar-refractivity contribution in [3.63, 3.8) is 0 Å². The summed E-state index contributed by atoms with van der Waals surface area (Å²) in [6, 6.07) is 3.79. The van der Waals surface area contributed by atoms with Gasteiger partial charge in [-0.15, -0.1) is 0 Å². The predicted molar refractivity (Wildman–Crippen MR) is 76.4 cm³/mol. The Kier molecular flexibility index (Phi) is 4.19. The Morgan fingerprint density at radius 3 is 2.75 bits per heavy atom. The van der Waals surface area contributed by atoms with Crippen LogP contribution in [-0.2, 0) is 9.59 Å². The Morgan fingerprint density at radius 1 is 1.50 bits per heavy atom. The van der Waals surface area contributed by atoms with Gasteiger partial charge in [0.2, 0.25) is 0 Å². The van der Waals surface area contributed by atoms with E-state index < -0.39 is 11.8 Å². The highest BCUT2D eigenvalue weighted by atomic mass is 32.1. The number of hydrogen-bond acceptors (Lipinski definition) is 4. The van der Waals surface area contributed by atoms with E-state index in [1.54, 1.807) is 11.3 Å². The smallest absolute Gasteiger partial charge is 0.309 e. The molecule has 20 heavy (non-hydrogen) atoms. The quantitative estimate of drug-likeness (QED) is 0.815. The Labute approximate surface area is 120 Å². The van der Waals surface area contributed by atoms with Gasteiger partial charge in [0.05, 0.1) is 11.7 Å². The van der Waals surface area contributed by atoms with Crippen molar-refractivity contribution in [1.29, 1.82) is 0 Å². The lowest BCUT2D eigenvalue weighted by Crippen LogP contribution is -2.39. The number of rotatable bonds is 4. The summed E-state index contributed by atoms with van der Waals surface area (Å²) in [5, 5.41) is 10.9. The van der Waals surface area contributed by atoms with Crippen molar-refractivity contribution in [2.24, 2.45) is 5.73 Å². The number of thiophene rings is 1. The lowest BCUT2D eigenvalue weighted by molar-refractivity contribution is -0.137. The number of nitrogens with two attached hydrogens (primary N) is 1. The van der Waals surface area contributed by atoms with Crippen LogP contribution < -0.4 is 11.1 Å². The molecule has 0 aliphatic carbocycles. The van der Waals surface area contributed by atoms with E-state index in [-0.39, 0.29) is 12.6 Å². The van der Waals surface area contributed by atoms with Crippen LogP contribution in [0.15, 0.2) is 22.9 Å². The minimum absolute atomic E-state index is 0.154. The summed E-state index contributed by atoms with van der Waals surface area (Å²) in [6.07, 6.45) is 0. The van der Waals surface area contributed by atoms with Gasteiger partial charge in [-0.25, -0.2) is 0 Å². The first-order chi connectivity index (χ1) is 9.49. The van der Waals surface area contributed by atoms with E-state index in [1.807, 2.05) is 41.4 Å². The first-order valence-electron chi connectivity index (χ1n) is 6.11. The molecule has 0 saturated heterocycles. The summed E-state index contributed by atoms with van der Waals surface area (Å²) >= 11 is 1.57. The van der Waals surface area contributed by atoms with Crippen LogP contribution in [0, 0.1) is 13.8 Å². The number of aryl methyl sites for hydroxylation is 2. The number of hydrogen-bond donors (Lipinski definition) is 2. The Hall–Kier alpha value is -2.15. The molecule has 1 atom stereocenters. The summed E-state index contributed by atoms with van der Waals surface area (Å²) < 4.78 is 1.85. The molecule has 106 valence electrons. The third-order valence-corrected chi connectivity index (χ3v) is 3.65. The molecule has 0 fully saturated rings. The van der Waals surface area contributed by atoms with Crippen LogP contribution >= 0.6 is 11.3 Å². The fourth-order valence-electron chi connectivity index (χ4n) is 2.05. The minimum Gasteiger partial charge on any atom is -0.361 e. The maximum atomic E-state index is 11.3. The predicted octanol–water partition coefficient (Wildman–Crippen LogP) is 0.752. The van der Waals surface area contributed by atoms with Gasteiger partial charge in [0.15, 0.2) is 0 Å². The second-order valence-corrected chi connectivity index (χ2v) is 5.30. The molecule has 0 bridgehead atoms. The molecule has 2 rings (SSSR count). The molecule has 7 heteroatoms. The maximum Gasteiger partial charge on any atom is 0.309 e. The zero-order valence-corrected chi connectivity index (χ0v) is 12.1. The van der Waals surface area contributed by atoms with Gasteiger partial charge in [0.25, 0.3) is 0 Å². The minimum atomic E-state index is -0.984. The van der Waals surface area contributed by atoms with Gasteiger partial charge < -0.3 is 11.1 Å². The van der Waals surface area contributed by atoms with E-state index in [1.165, 1.54) is 0 Å². The molecule has 1 unspecified atom stereocenters. The van der Waals surface area contributed by atoms with E-state index in [0.29, 0.717) is 0 Å². The SMILES string of the molecule is Cc1cc(C)n(C(CNC(=O)C(N)=O)c2ccsc2)n1. The van der Waals surface area contributed by atoms with Crippen LogP contribution in [0.2, 0.25) is 0 Å². The molecule has 0 spiro atoms. The Balaban J connectivity index is 2.24. The van der Waals surface area contributed by atoms with E-state index in [0.717, 1.165) is 17.0 Å². The van der Waals surface area contributed by atoms with Crippen molar-refractivity contribution >= 4 is 23.2 Å². The molecule has 2 aromatic heterocycles. The fraction of sp³-hybridized carbons (Fsp3) is 0.308. The van der Waals surface area contributed by atoms with Gasteiger partial charge in [-0.1, -0.05) is 0 Å². The molecule has 3 N–H and O–H groups in total. The molecule has 2 aromatic rings. The summed E-state index contributed by atoms with van der Waals surface area (Å²) in [6.45, 7) is 4.13. The monoisotopic (exact) mass is 292 g/mol. The average molecular weight is 292 g/mol. The summed E-state index contributed by atoms with van der Waals surface area (Å²) in [7, 11) is 0. The van der Waals surface area contributed by atoms with E-state index in [9.17, 15) is 9.59 Å². The van der Waals surface area contributed by atoms with Gasteiger partial charge in [-0.3, -0.25) is 14.3 Å². The van der Waals surface area contributed by atoms with Crippen LogP contribution in [-0.4, -0.2) is 28.1 Å². The number of carbonyl (C=O) groups excluding carboxylic acids is 2. The fourth-order valence-corrected chi connectivity index (χ4v) is 2.76. The van der Waals surface area contributed by atoms with E-state index in [4.69, 9.17) is 5.73 Å². The lowest BCUT2D eigenvalue weighted by atomic mass is 10.1. The molecule has 0 aliphatic heterocycles. The topological polar surface area (TPSA) is 90.0 Å². The highest BCUT2D eigenvalue weighted by molar-refractivity contribution is 7.07. The lowest BCUT2D eigenvalue weighted by Gasteiger charge is -2.18. The van der Waals surface area contributed by atoms with Crippen LogP contribution in [0.4, 0.5) is 0 Å². The maximum absolute atomic E-state index is 11.3. The van der Waals surface area contributed by atoms with Crippen molar-refractivity contribution in [3.05, 3.63) is 39.8 Å². The summed E-state index contributed by atoms with van der Waals surface area (Å²) in [4.78, 5) is 22.1. The standard InChI is InChI=1S/C13H16N4O2S/c1-8-5-9(2)17(16-8)11(10-3-4-20-7-10)6-15-13(19)12(14)18/h3-5,7,11H,6H2,1-2H3,(H2,14,18)(H,15,19). The second-order valence-electron chi connectivity index (χ2n) is 4.52. The molecular formula is C13H16N4O2S. The van der Waals surface area contributed by atoms with Gasteiger partial charge >= 0.3 is 11.8 Å². The zero-order valence-electron chi connectivity index (χ0n) is 11.3. The van der Waals surface area contributed by atoms with Crippen molar-refractivity contribution in [2.45, 2.75) is 19.9 Å². The molecule has 0 saturated carbocycles. The molecule has 0 aromatic carbocycles.